The Kier molecular flexibility index (Phi) is 17.9. The number of ether oxygens (including phenoxy) is 1. The van der Waals surface area contributed by atoms with E-state index in [1.165, 1.54) is 127 Å². The summed E-state index contributed by atoms with van der Waals surface area (Å²) in [6.45, 7) is 2.27. The van der Waals surface area contributed by atoms with Crippen LogP contribution >= 0.6 is 0 Å². The molecule has 0 aromatic heterocycles. The van der Waals surface area contributed by atoms with Crippen LogP contribution in [0.1, 0.15) is 135 Å². The normalized spacial score (nSPS) is 11.6. The number of carbonyl (C=O) groups excluding carboxylic acids is 1. The van der Waals surface area contributed by atoms with Gasteiger partial charge in [0, 0.05) is 6.42 Å². The molecule has 0 fully saturated rings. The molecule has 0 radical (unpaired) electrons. The van der Waals surface area contributed by atoms with Crippen LogP contribution in [0.15, 0.2) is 29.2 Å². The molecule has 34 heavy (non-hydrogen) atoms. The summed E-state index contributed by atoms with van der Waals surface area (Å²) in [6, 6.07) is 5.18. The van der Waals surface area contributed by atoms with Crippen LogP contribution in [0.3, 0.4) is 0 Å². The van der Waals surface area contributed by atoms with Gasteiger partial charge in [-0.15, -0.1) is 0 Å². The summed E-state index contributed by atoms with van der Waals surface area (Å²) in [5, 5.41) is 0. The quantitative estimate of drug-likeness (QED) is 0.0751. The highest BCUT2D eigenvalue weighted by atomic mass is 32.2. The van der Waals surface area contributed by atoms with Crippen molar-refractivity contribution in [1.82, 2.24) is 0 Å². The maximum absolute atomic E-state index is 11.9. The zero-order valence-electron chi connectivity index (χ0n) is 21.4. The number of hydrogen-bond donors (Lipinski definition) is 1. The molecular weight excluding hydrogens is 448 g/mol. The van der Waals surface area contributed by atoms with Crippen LogP contribution in [0.5, 0.6) is 5.75 Å². The highest BCUT2D eigenvalue weighted by Crippen LogP contribution is 2.18. The van der Waals surface area contributed by atoms with Gasteiger partial charge in [0.1, 0.15) is 5.75 Å². The number of carbonyl (C=O) groups is 1. The lowest BCUT2D eigenvalue weighted by atomic mass is 10.0. The lowest BCUT2D eigenvalue weighted by molar-refractivity contribution is -0.134. The molecule has 0 saturated heterocycles. The fourth-order valence-electron chi connectivity index (χ4n) is 4.21. The van der Waals surface area contributed by atoms with Gasteiger partial charge < -0.3 is 4.74 Å². The van der Waals surface area contributed by atoms with Crippen molar-refractivity contribution >= 4 is 16.1 Å². The fraction of sp³-hybridized carbons (Fsp3) is 0.750. The SMILES string of the molecule is CCCCCCCCCCCCCCCCCCCCCC(=O)Oc1ccc(S(=O)(=O)O)cc1. The molecule has 0 bridgehead atoms. The lowest BCUT2D eigenvalue weighted by Gasteiger charge is -2.05. The van der Waals surface area contributed by atoms with E-state index in [1.54, 1.807) is 0 Å². The Bertz CT molecular complexity index is 728. The molecular formula is C28H48O5S. The highest BCUT2D eigenvalue weighted by Gasteiger charge is 2.10. The van der Waals surface area contributed by atoms with E-state index in [0.717, 1.165) is 19.3 Å². The van der Waals surface area contributed by atoms with Gasteiger partial charge in [-0.25, -0.2) is 0 Å². The van der Waals surface area contributed by atoms with Crippen molar-refractivity contribution in [2.45, 2.75) is 140 Å². The van der Waals surface area contributed by atoms with Crippen LogP contribution in [-0.2, 0) is 14.9 Å². The van der Waals surface area contributed by atoms with E-state index < -0.39 is 10.1 Å². The molecule has 5 nitrogen and oxygen atoms in total. The third-order valence-corrected chi connectivity index (χ3v) is 7.21. The Morgan fingerprint density at radius 3 is 1.35 bits per heavy atom. The van der Waals surface area contributed by atoms with Crippen LogP contribution in [0.2, 0.25) is 0 Å². The fourth-order valence-corrected chi connectivity index (χ4v) is 4.69. The van der Waals surface area contributed by atoms with Gasteiger partial charge in [0.15, 0.2) is 0 Å². The number of benzene rings is 1. The first kappa shape index (κ1) is 30.6. The van der Waals surface area contributed by atoms with Gasteiger partial charge in [0.25, 0.3) is 10.1 Å². The minimum Gasteiger partial charge on any atom is -0.427 e. The lowest BCUT2D eigenvalue weighted by Crippen LogP contribution is -2.07. The first-order valence-electron chi connectivity index (χ1n) is 13.7. The number of esters is 1. The molecule has 1 rings (SSSR count). The molecule has 0 unspecified atom stereocenters. The minimum atomic E-state index is -4.23. The predicted molar refractivity (Wildman–Crippen MR) is 140 cm³/mol. The number of rotatable bonds is 22. The maximum atomic E-state index is 11.9. The summed E-state index contributed by atoms with van der Waals surface area (Å²) in [5.74, 6) is -0.0261. The Hall–Kier alpha value is -1.40. The molecule has 0 spiro atoms. The van der Waals surface area contributed by atoms with E-state index in [4.69, 9.17) is 9.29 Å². The van der Waals surface area contributed by atoms with Crippen LogP contribution in [-0.4, -0.2) is 18.9 Å². The predicted octanol–water partition coefficient (Wildman–Crippen LogP) is 8.66. The Balaban J connectivity index is 1.84. The Labute approximate surface area is 208 Å². The van der Waals surface area contributed by atoms with Gasteiger partial charge >= 0.3 is 5.97 Å². The molecule has 1 N–H and O–H groups in total. The molecule has 6 heteroatoms. The van der Waals surface area contributed by atoms with Crippen molar-refractivity contribution in [3.63, 3.8) is 0 Å². The van der Waals surface area contributed by atoms with Gasteiger partial charge in [-0.1, -0.05) is 122 Å². The van der Waals surface area contributed by atoms with Crippen molar-refractivity contribution < 1.29 is 22.5 Å². The first-order valence-corrected chi connectivity index (χ1v) is 15.2. The van der Waals surface area contributed by atoms with Crippen molar-refractivity contribution in [3.05, 3.63) is 24.3 Å². The first-order chi connectivity index (χ1) is 16.4. The van der Waals surface area contributed by atoms with Gasteiger partial charge in [0.05, 0.1) is 4.90 Å². The van der Waals surface area contributed by atoms with E-state index in [9.17, 15) is 13.2 Å². The van der Waals surface area contributed by atoms with Gasteiger partial charge in [-0.2, -0.15) is 8.42 Å². The van der Waals surface area contributed by atoms with E-state index >= 15 is 0 Å². The molecule has 1 aromatic carbocycles. The average molecular weight is 497 g/mol. The Morgan fingerprint density at radius 1 is 0.647 bits per heavy atom. The maximum Gasteiger partial charge on any atom is 0.311 e. The summed E-state index contributed by atoms with van der Waals surface area (Å²) in [7, 11) is -4.23. The molecule has 1 aromatic rings. The van der Waals surface area contributed by atoms with Crippen molar-refractivity contribution in [2.75, 3.05) is 0 Å². The number of unbranched alkanes of at least 4 members (excludes halogenated alkanes) is 18. The molecule has 0 heterocycles. The molecule has 0 aliphatic carbocycles. The summed E-state index contributed by atoms with van der Waals surface area (Å²) in [6.07, 6.45) is 25.4. The second-order valence-corrected chi connectivity index (χ2v) is 11.0. The second kappa shape index (κ2) is 19.9. The minimum absolute atomic E-state index is 0.217. The van der Waals surface area contributed by atoms with Crippen LogP contribution < -0.4 is 4.74 Å². The van der Waals surface area contributed by atoms with Crippen molar-refractivity contribution in [3.8, 4) is 5.75 Å². The van der Waals surface area contributed by atoms with Gasteiger partial charge in [-0.05, 0) is 30.7 Å². The van der Waals surface area contributed by atoms with Crippen LogP contribution in [0, 0.1) is 0 Å². The van der Waals surface area contributed by atoms with Gasteiger partial charge in [-0.3, -0.25) is 9.35 Å². The van der Waals surface area contributed by atoms with Gasteiger partial charge in [0.2, 0.25) is 0 Å². The molecule has 0 saturated carbocycles. The smallest absolute Gasteiger partial charge is 0.311 e. The second-order valence-electron chi connectivity index (χ2n) is 9.53. The van der Waals surface area contributed by atoms with E-state index in [0.29, 0.717) is 6.42 Å². The average Bonchev–Trinajstić information content (AvgIpc) is 2.80. The molecule has 0 aliphatic heterocycles. The van der Waals surface area contributed by atoms with Crippen molar-refractivity contribution in [2.24, 2.45) is 0 Å². The van der Waals surface area contributed by atoms with E-state index in [2.05, 4.69) is 6.92 Å². The third kappa shape index (κ3) is 17.1. The molecule has 0 atom stereocenters. The van der Waals surface area contributed by atoms with Crippen molar-refractivity contribution in [1.29, 1.82) is 0 Å². The van der Waals surface area contributed by atoms with E-state index in [1.807, 2.05) is 0 Å². The molecule has 0 aliphatic rings. The van der Waals surface area contributed by atoms with Crippen LogP contribution in [0.25, 0.3) is 0 Å². The summed E-state index contributed by atoms with van der Waals surface area (Å²) >= 11 is 0. The summed E-state index contributed by atoms with van der Waals surface area (Å²) in [4.78, 5) is 11.7. The summed E-state index contributed by atoms with van der Waals surface area (Å²) < 4.78 is 36.2. The monoisotopic (exact) mass is 496 g/mol. The Morgan fingerprint density at radius 2 is 1.00 bits per heavy atom. The van der Waals surface area contributed by atoms with E-state index in [-0.39, 0.29) is 16.6 Å². The molecule has 196 valence electrons. The number of hydrogen-bond acceptors (Lipinski definition) is 4. The zero-order valence-corrected chi connectivity index (χ0v) is 22.3. The standard InChI is InChI=1S/C28H48O5S/c1-2-3-4-5-6-7-8-9-10-11-12-13-14-15-16-17-18-19-20-21-28(29)33-26-22-24-27(25-23-26)34(30,31)32/h22-25H,2-21H2,1H3,(H,30,31,32). The topological polar surface area (TPSA) is 80.7 Å². The highest BCUT2D eigenvalue weighted by molar-refractivity contribution is 7.85. The summed E-state index contributed by atoms with van der Waals surface area (Å²) in [5.41, 5.74) is 0. The zero-order chi connectivity index (χ0) is 24.9. The largest absolute Gasteiger partial charge is 0.427 e. The third-order valence-electron chi connectivity index (χ3n) is 6.34. The van der Waals surface area contributed by atoms with Crippen LogP contribution in [0.4, 0.5) is 0 Å². The molecule has 0 amide bonds.